The molecule has 3 heteroatoms. The summed E-state index contributed by atoms with van der Waals surface area (Å²) < 4.78 is 6.12. The molecule has 0 aliphatic heterocycles. The summed E-state index contributed by atoms with van der Waals surface area (Å²) in [5.74, 6) is 1.55. The van der Waals surface area contributed by atoms with E-state index in [4.69, 9.17) is 4.74 Å². The number of nitriles is 1. The molecule has 0 radical (unpaired) electrons. The van der Waals surface area contributed by atoms with E-state index in [9.17, 15) is 5.26 Å². The Hall–Kier alpha value is -1.14. The normalized spacial score (nSPS) is 22.8. The lowest BCUT2D eigenvalue weighted by atomic mass is 9.85. The van der Waals surface area contributed by atoms with Crippen molar-refractivity contribution < 1.29 is 4.74 Å². The molecule has 19 heavy (non-hydrogen) atoms. The molecule has 2 atom stereocenters. The highest BCUT2D eigenvalue weighted by atomic mass is 32.2. The van der Waals surface area contributed by atoms with Gasteiger partial charge in [-0.2, -0.15) is 5.26 Å². The molecule has 1 fully saturated rings. The zero-order valence-electron chi connectivity index (χ0n) is 11.7. The molecule has 0 spiro atoms. The maximum atomic E-state index is 9.31. The van der Waals surface area contributed by atoms with Crippen LogP contribution in [0.15, 0.2) is 23.1 Å². The van der Waals surface area contributed by atoms with Crippen molar-refractivity contribution in [1.29, 1.82) is 5.26 Å². The van der Waals surface area contributed by atoms with Gasteiger partial charge in [0.15, 0.2) is 0 Å². The molecule has 0 saturated heterocycles. The molecule has 0 amide bonds. The number of thioether (sulfide) groups is 1. The van der Waals surface area contributed by atoms with Gasteiger partial charge in [0.05, 0.1) is 6.10 Å². The smallest absolute Gasteiger partial charge is 0.138 e. The third-order valence-corrected chi connectivity index (χ3v) is 4.71. The van der Waals surface area contributed by atoms with Gasteiger partial charge in [-0.1, -0.05) is 25.8 Å². The van der Waals surface area contributed by atoms with Crippen molar-refractivity contribution in [3.63, 3.8) is 0 Å². The minimum absolute atomic E-state index is 0.280. The lowest BCUT2D eigenvalue weighted by Gasteiger charge is -2.29. The van der Waals surface area contributed by atoms with Crippen LogP contribution in [0.1, 0.15) is 44.6 Å². The van der Waals surface area contributed by atoms with Crippen molar-refractivity contribution in [2.75, 3.05) is 6.26 Å². The number of hydrogen-bond acceptors (Lipinski definition) is 3. The summed E-state index contributed by atoms with van der Waals surface area (Å²) in [6.45, 7) is 2.25. The van der Waals surface area contributed by atoms with Crippen molar-refractivity contribution in [2.45, 2.75) is 50.0 Å². The summed E-state index contributed by atoms with van der Waals surface area (Å²) in [5, 5.41) is 9.31. The average molecular weight is 275 g/mol. The summed E-state index contributed by atoms with van der Waals surface area (Å²) in [6, 6.07) is 8.16. The van der Waals surface area contributed by atoms with Gasteiger partial charge in [-0.15, -0.1) is 11.8 Å². The molecule has 0 N–H and O–H groups in total. The van der Waals surface area contributed by atoms with E-state index < -0.39 is 0 Å². The van der Waals surface area contributed by atoms with Gasteiger partial charge in [0.1, 0.15) is 17.4 Å². The third kappa shape index (κ3) is 3.45. The summed E-state index contributed by atoms with van der Waals surface area (Å²) in [7, 11) is 0. The minimum atomic E-state index is 0.280. The third-order valence-electron chi connectivity index (χ3n) is 3.93. The molecule has 1 aliphatic carbocycles. The van der Waals surface area contributed by atoms with E-state index in [0.29, 0.717) is 5.56 Å². The highest BCUT2D eigenvalue weighted by Gasteiger charge is 2.23. The zero-order chi connectivity index (χ0) is 13.7. The SMILES string of the molecule is CCC1CCCC(Oc2cccc(SC)c2C#N)C1. The fourth-order valence-electron chi connectivity index (χ4n) is 2.79. The van der Waals surface area contributed by atoms with Crippen LogP contribution in [-0.2, 0) is 0 Å². The fraction of sp³-hybridized carbons (Fsp3) is 0.562. The first kappa shape index (κ1) is 14.3. The molecule has 0 heterocycles. The Labute approximate surface area is 120 Å². The van der Waals surface area contributed by atoms with Crippen LogP contribution < -0.4 is 4.74 Å². The van der Waals surface area contributed by atoms with Crippen LogP contribution >= 0.6 is 11.8 Å². The molecule has 0 bridgehead atoms. The monoisotopic (exact) mass is 275 g/mol. The van der Waals surface area contributed by atoms with Crippen LogP contribution in [-0.4, -0.2) is 12.4 Å². The van der Waals surface area contributed by atoms with Crippen molar-refractivity contribution in [2.24, 2.45) is 5.92 Å². The first-order valence-electron chi connectivity index (χ1n) is 7.02. The average Bonchev–Trinajstić information content (AvgIpc) is 2.47. The fourth-order valence-corrected chi connectivity index (χ4v) is 3.35. The zero-order valence-corrected chi connectivity index (χ0v) is 12.5. The Morgan fingerprint density at radius 2 is 2.26 bits per heavy atom. The van der Waals surface area contributed by atoms with Gasteiger partial charge in [-0.25, -0.2) is 0 Å². The summed E-state index contributed by atoms with van der Waals surface area (Å²) in [6.07, 6.45) is 8.32. The number of benzene rings is 1. The molecule has 1 saturated carbocycles. The van der Waals surface area contributed by atoms with Crippen molar-refractivity contribution in [3.8, 4) is 11.8 Å². The minimum Gasteiger partial charge on any atom is -0.489 e. The first-order chi connectivity index (χ1) is 9.28. The molecular weight excluding hydrogens is 254 g/mol. The highest BCUT2D eigenvalue weighted by molar-refractivity contribution is 7.98. The van der Waals surface area contributed by atoms with Crippen molar-refractivity contribution in [3.05, 3.63) is 23.8 Å². The molecule has 0 aromatic heterocycles. The second-order valence-corrected chi connectivity index (χ2v) is 5.97. The number of nitrogens with zero attached hydrogens (tertiary/aromatic N) is 1. The molecule has 1 aromatic carbocycles. The molecular formula is C16H21NOS. The molecule has 2 nitrogen and oxygen atoms in total. The van der Waals surface area contributed by atoms with E-state index in [0.717, 1.165) is 29.4 Å². The number of rotatable bonds is 4. The second-order valence-electron chi connectivity index (χ2n) is 5.13. The molecule has 102 valence electrons. The van der Waals surface area contributed by atoms with E-state index in [2.05, 4.69) is 13.0 Å². The van der Waals surface area contributed by atoms with Gasteiger partial charge in [0.25, 0.3) is 0 Å². The number of ether oxygens (including phenoxy) is 1. The Balaban J connectivity index is 2.13. The summed E-state index contributed by atoms with van der Waals surface area (Å²) >= 11 is 1.60. The maximum absolute atomic E-state index is 9.31. The van der Waals surface area contributed by atoms with Crippen LogP contribution in [0.3, 0.4) is 0 Å². The standard InChI is InChI=1S/C16H21NOS/c1-3-12-6-4-7-13(10-12)18-15-8-5-9-16(19-2)14(15)11-17/h5,8-9,12-13H,3-4,6-7,10H2,1-2H3. The van der Waals surface area contributed by atoms with Crippen LogP contribution in [0.4, 0.5) is 0 Å². The van der Waals surface area contributed by atoms with Crippen molar-refractivity contribution in [1.82, 2.24) is 0 Å². The van der Waals surface area contributed by atoms with Crippen LogP contribution in [0.25, 0.3) is 0 Å². The summed E-state index contributed by atoms with van der Waals surface area (Å²) in [5.41, 5.74) is 0.689. The van der Waals surface area contributed by atoms with Crippen LogP contribution in [0.2, 0.25) is 0 Å². The van der Waals surface area contributed by atoms with Gasteiger partial charge in [0, 0.05) is 4.90 Å². The predicted octanol–water partition coefficient (Wildman–Crippen LogP) is 4.63. The Kier molecular flexibility index (Phi) is 5.15. The predicted molar refractivity (Wildman–Crippen MR) is 79.6 cm³/mol. The quantitative estimate of drug-likeness (QED) is 0.751. The Morgan fingerprint density at radius 3 is 2.95 bits per heavy atom. The van der Waals surface area contributed by atoms with Crippen LogP contribution in [0.5, 0.6) is 5.75 Å². The van der Waals surface area contributed by atoms with E-state index in [-0.39, 0.29) is 6.10 Å². The molecule has 2 rings (SSSR count). The maximum Gasteiger partial charge on any atom is 0.138 e. The highest BCUT2D eigenvalue weighted by Crippen LogP contribution is 2.33. The molecule has 1 aromatic rings. The Morgan fingerprint density at radius 1 is 1.42 bits per heavy atom. The first-order valence-corrected chi connectivity index (χ1v) is 8.24. The van der Waals surface area contributed by atoms with Crippen molar-refractivity contribution >= 4 is 11.8 Å². The lowest BCUT2D eigenvalue weighted by molar-refractivity contribution is 0.121. The van der Waals surface area contributed by atoms with Gasteiger partial charge in [-0.05, 0) is 43.6 Å². The lowest BCUT2D eigenvalue weighted by Crippen LogP contribution is -2.25. The second kappa shape index (κ2) is 6.86. The van der Waals surface area contributed by atoms with Gasteiger partial charge >= 0.3 is 0 Å². The van der Waals surface area contributed by atoms with E-state index in [1.807, 2.05) is 24.5 Å². The van der Waals surface area contributed by atoms with Gasteiger partial charge in [0.2, 0.25) is 0 Å². The largest absolute Gasteiger partial charge is 0.489 e. The number of hydrogen-bond donors (Lipinski definition) is 0. The summed E-state index contributed by atoms with van der Waals surface area (Å²) in [4.78, 5) is 1.00. The topological polar surface area (TPSA) is 33.0 Å². The van der Waals surface area contributed by atoms with E-state index in [1.165, 1.54) is 19.3 Å². The van der Waals surface area contributed by atoms with Crippen LogP contribution in [0, 0.1) is 17.2 Å². The van der Waals surface area contributed by atoms with Gasteiger partial charge in [-0.3, -0.25) is 0 Å². The van der Waals surface area contributed by atoms with Gasteiger partial charge < -0.3 is 4.74 Å². The molecule has 2 unspecified atom stereocenters. The Bertz CT molecular complexity index is 466. The van der Waals surface area contributed by atoms with E-state index >= 15 is 0 Å². The molecule has 1 aliphatic rings. The van der Waals surface area contributed by atoms with E-state index in [1.54, 1.807) is 11.8 Å².